The lowest BCUT2D eigenvalue weighted by Gasteiger charge is -2.10. The molecular formula is C17H17ClN4O. The van der Waals surface area contributed by atoms with Gasteiger partial charge in [0.25, 0.3) is 0 Å². The fraction of sp³-hybridized carbons (Fsp3) is 0.294. The van der Waals surface area contributed by atoms with Gasteiger partial charge >= 0.3 is 0 Å². The van der Waals surface area contributed by atoms with E-state index in [0.29, 0.717) is 17.4 Å². The summed E-state index contributed by atoms with van der Waals surface area (Å²) in [4.78, 5) is 16.0. The van der Waals surface area contributed by atoms with Gasteiger partial charge in [0, 0.05) is 17.9 Å². The Morgan fingerprint density at radius 3 is 2.61 bits per heavy atom. The van der Waals surface area contributed by atoms with E-state index in [4.69, 9.17) is 11.6 Å². The molecule has 6 heteroatoms. The van der Waals surface area contributed by atoms with E-state index in [1.54, 1.807) is 4.68 Å². The third-order valence-corrected chi connectivity index (χ3v) is 4.24. The highest BCUT2D eigenvalue weighted by atomic mass is 35.5. The van der Waals surface area contributed by atoms with Crippen LogP contribution in [0.1, 0.15) is 39.8 Å². The van der Waals surface area contributed by atoms with Gasteiger partial charge in [-0.1, -0.05) is 28.4 Å². The third-order valence-electron chi connectivity index (χ3n) is 3.92. The van der Waals surface area contributed by atoms with E-state index < -0.39 is 0 Å². The molecule has 3 aromatic rings. The summed E-state index contributed by atoms with van der Waals surface area (Å²) in [5.74, 6) is -0.0947. The van der Waals surface area contributed by atoms with Crippen LogP contribution in [0.4, 0.5) is 0 Å². The normalized spacial score (nSPS) is 11.2. The Balaban J connectivity index is 2.07. The summed E-state index contributed by atoms with van der Waals surface area (Å²) in [6.45, 7) is 7.83. The minimum Gasteiger partial charge on any atom is -0.293 e. The second kappa shape index (κ2) is 5.74. The van der Waals surface area contributed by atoms with Gasteiger partial charge in [-0.15, -0.1) is 5.10 Å². The van der Waals surface area contributed by atoms with Gasteiger partial charge in [-0.2, -0.15) is 0 Å². The number of hydrogen-bond acceptors (Lipinski definition) is 4. The molecule has 0 saturated heterocycles. The van der Waals surface area contributed by atoms with Gasteiger partial charge in [0.15, 0.2) is 11.5 Å². The minimum absolute atomic E-state index is 0.0947. The third kappa shape index (κ3) is 2.84. The van der Waals surface area contributed by atoms with Crippen molar-refractivity contribution in [3.63, 3.8) is 0 Å². The summed E-state index contributed by atoms with van der Waals surface area (Å²) in [7, 11) is 0. The van der Waals surface area contributed by atoms with Crippen molar-refractivity contribution in [3.05, 3.63) is 51.4 Å². The number of fused-ring (bicyclic) bond motifs is 1. The Bertz CT molecular complexity index is 930. The van der Waals surface area contributed by atoms with Gasteiger partial charge in [0.05, 0.1) is 17.8 Å². The second-order valence-corrected chi connectivity index (χ2v) is 6.19. The predicted molar refractivity (Wildman–Crippen MR) is 90.1 cm³/mol. The molecule has 0 aliphatic heterocycles. The smallest absolute Gasteiger partial charge is 0.181 e. The molecule has 0 unspecified atom stereocenters. The van der Waals surface area contributed by atoms with E-state index in [9.17, 15) is 4.79 Å². The molecule has 0 atom stereocenters. The van der Waals surface area contributed by atoms with Crippen LogP contribution in [-0.2, 0) is 6.54 Å². The highest BCUT2D eigenvalue weighted by Gasteiger charge is 2.15. The van der Waals surface area contributed by atoms with E-state index in [-0.39, 0.29) is 5.78 Å². The van der Waals surface area contributed by atoms with Crippen molar-refractivity contribution in [3.8, 4) is 0 Å². The molecule has 0 aliphatic rings. The van der Waals surface area contributed by atoms with Crippen LogP contribution in [0, 0.1) is 20.8 Å². The van der Waals surface area contributed by atoms with Crippen LogP contribution >= 0.6 is 11.6 Å². The molecule has 0 fully saturated rings. The Morgan fingerprint density at radius 1 is 1.22 bits per heavy atom. The van der Waals surface area contributed by atoms with Gasteiger partial charge in [-0.25, -0.2) is 9.67 Å². The zero-order valence-electron chi connectivity index (χ0n) is 13.5. The van der Waals surface area contributed by atoms with Crippen LogP contribution in [0.25, 0.3) is 10.9 Å². The number of rotatable bonds is 3. The fourth-order valence-corrected chi connectivity index (χ4v) is 2.98. The average Bonchev–Trinajstić information content (AvgIpc) is 2.82. The van der Waals surface area contributed by atoms with Gasteiger partial charge in [0.2, 0.25) is 0 Å². The van der Waals surface area contributed by atoms with Crippen molar-refractivity contribution >= 4 is 28.3 Å². The molecule has 0 aliphatic carbocycles. The monoisotopic (exact) mass is 328 g/mol. The number of benzene rings is 1. The van der Waals surface area contributed by atoms with Crippen LogP contribution < -0.4 is 0 Å². The maximum Gasteiger partial charge on any atom is 0.181 e. The first-order valence-corrected chi connectivity index (χ1v) is 7.72. The highest BCUT2D eigenvalue weighted by Crippen LogP contribution is 2.25. The topological polar surface area (TPSA) is 60.7 Å². The summed E-state index contributed by atoms with van der Waals surface area (Å²) in [6, 6.07) is 6.20. The minimum atomic E-state index is -0.0947. The lowest BCUT2D eigenvalue weighted by atomic mass is 10.1. The Kier molecular flexibility index (Phi) is 3.90. The van der Waals surface area contributed by atoms with Crippen molar-refractivity contribution in [2.24, 2.45) is 0 Å². The van der Waals surface area contributed by atoms with E-state index in [1.165, 1.54) is 12.5 Å². The number of halogens is 1. The molecule has 5 nitrogen and oxygen atoms in total. The number of ketones is 1. The lowest BCUT2D eigenvalue weighted by Crippen LogP contribution is -2.06. The maximum absolute atomic E-state index is 11.5. The molecule has 2 aromatic heterocycles. The largest absolute Gasteiger partial charge is 0.293 e. The van der Waals surface area contributed by atoms with Crippen molar-refractivity contribution in [2.75, 3.05) is 0 Å². The van der Waals surface area contributed by atoms with Crippen LogP contribution in [0.15, 0.2) is 18.2 Å². The van der Waals surface area contributed by atoms with Crippen LogP contribution in [0.2, 0.25) is 5.15 Å². The van der Waals surface area contributed by atoms with Gasteiger partial charge < -0.3 is 0 Å². The Labute approximate surface area is 139 Å². The predicted octanol–water partition coefficient (Wildman–Crippen LogP) is 3.66. The summed E-state index contributed by atoms with van der Waals surface area (Å²) in [6.07, 6.45) is 0. The molecule has 118 valence electrons. The molecule has 0 N–H and O–H groups in total. The Morgan fingerprint density at radius 2 is 1.96 bits per heavy atom. The number of nitrogens with zero attached hydrogens (tertiary/aromatic N) is 4. The average molecular weight is 329 g/mol. The summed E-state index contributed by atoms with van der Waals surface area (Å²) in [5, 5.41) is 9.48. The van der Waals surface area contributed by atoms with Crippen molar-refractivity contribution in [1.29, 1.82) is 0 Å². The van der Waals surface area contributed by atoms with Gasteiger partial charge in [-0.3, -0.25) is 4.79 Å². The molecule has 23 heavy (non-hydrogen) atoms. The van der Waals surface area contributed by atoms with E-state index >= 15 is 0 Å². The van der Waals surface area contributed by atoms with E-state index in [1.807, 2.05) is 19.9 Å². The number of carbonyl (C=O) groups excluding carboxylic acids is 1. The standard InChI is InChI=1S/C17H17ClN4O/c1-9-5-10(2)15-13(6-9)7-14(17(18)19-15)8-22-11(3)16(12(4)23)20-21-22/h5-7H,8H2,1-4H3. The maximum atomic E-state index is 11.5. The SMILES string of the molecule is CC(=O)c1nnn(Cc2cc3cc(C)cc(C)c3nc2Cl)c1C. The first-order chi connectivity index (χ1) is 10.9. The molecule has 1 aromatic carbocycles. The number of aryl methyl sites for hydroxylation is 2. The van der Waals surface area contributed by atoms with Crippen molar-refractivity contribution < 1.29 is 4.79 Å². The van der Waals surface area contributed by atoms with Crippen molar-refractivity contribution in [2.45, 2.75) is 34.2 Å². The number of Topliss-reactive ketones (excluding diaryl/α,β-unsaturated/α-hetero) is 1. The Hall–Kier alpha value is -2.27. The number of pyridine rings is 1. The van der Waals surface area contributed by atoms with Crippen molar-refractivity contribution in [1.82, 2.24) is 20.0 Å². The molecule has 3 rings (SSSR count). The fourth-order valence-electron chi connectivity index (χ4n) is 2.78. The summed E-state index contributed by atoms with van der Waals surface area (Å²) < 4.78 is 1.67. The molecule has 0 bridgehead atoms. The first-order valence-electron chi connectivity index (χ1n) is 7.34. The van der Waals surface area contributed by atoms with E-state index in [0.717, 1.165) is 27.7 Å². The summed E-state index contributed by atoms with van der Waals surface area (Å²) >= 11 is 6.35. The zero-order chi connectivity index (χ0) is 16.7. The van der Waals surface area contributed by atoms with Gasteiger partial charge in [0.1, 0.15) is 5.15 Å². The lowest BCUT2D eigenvalue weighted by molar-refractivity contribution is 0.101. The first kappa shape index (κ1) is 15.6. The van der Waals surface area contributed by atoms with Crippen LogP contribution in [-0.4, -0.2) is 25.8 Å². The number of carbonyl (C=O) groups is 1. The number of hydrogen-bond donors (Lipinski definition) is 0. The molecule has 0 radical (unpaired) electrons. The quantitative estimate of drug-likeness (QED) is 0.544. The van der Waals surface area contributed by atoms with Crippen LogP contribution in [0.3, 0.4) is 0 Å². The van der Waals surface area contributed by atoms with E-state index in [2.05, 4.69) is 34.4 Å². The molecule has 0 amide bonds. The molecule has 0 saturated carbocycles. The second-order valence-electron chi connectivity index (χ2n) is 5.83. The zero-order valence-corrected chi connectivity index (χ0v) is 14.3. The summed E-state index contributed by atoms with van der Waals surface area (Å²) in [5.41, 5.74) is 5.16. The van der Waals surface area contributed by atoms with Crippen LogP contribution in [0.5, 0.6) is 0 Å². The molecule has 2 heterocycles. The highest BCUT2D eigenvalue weighted by molar-refractivity contribution is 6.30. The number of aromatic nitrogens is 4. The molecular weight excluding hydrogens is 312 g/mol. The van der Waals surface area contributed by atoms with Gasteiger partial charge in [-0.05, 0) is 38.5 Å². The molecule has 0 spiro atoms.